The highest BCUT2D eigenvalue weighted by atomic mass is 16.2. The molecule has 23 heavy (non-hydrogen) atoms. The third kappa shape index (κ3) is 4.63. The van der Waals surface area contributed by atoms with Crippen molar-refractivity contribution >= 4 is 11.7 Å². The molecule has 128 valence electrons. The first-order chi connectivity index (χ1) is 10.9. The second-order valence-electron chi connectivity index (χ2n) is 7.33. The number of benzene rings is 1. The van der Waals surface area contributed by atoms with Crippen molar-refractivity contribution in [3.8, 4) is 0 Å². The van der Waals surface area contributed by atoms with Crippen LogP contribution in [0.3, 0.4) is 0 Å². The first kappa shape index (κ1) is 17.6. The molecule has 0 bridgehead atoms. The van der Waals surface area contributed by atoms with Gasteiger partial charge in [0.2, 0.25) is 0 Å². The van der Waals surface area contributed by atoms with Crippen molar-refractivity contribution in [3.05, 3.63) is 29.8 Å². The average molecular weight is 317 g/mol. The molecule has 4 heteroatoms. The Morgan fingerprint density at radius 1 is 1.13 bits per heavy atom. The number of nitrogens with zero attached hydrogens (tertiary/aromatic N) is 2. The number of carbonyl (C=O) groups is 1. The lowest BCUT2D eigenvalue weighted by atomic mass is 9.85. The number of hydrogen-bond donors (Lipinski definition) is 1. The molecule has 1 aliphatic rings. The van der Waals surface area contributed by atoms with Gasteiger partial charge in [0.05, 0.1) is 0 Å². The maximum atomic E-state index is 12.1. The second kappa shape index (κ2) is 7.71. The summed E-state index contributed by atoms with van der Waals surface area (Å²) in [5.41, 5.74) is 2.82. The van der Waals surface area contributed by atoms with Crippen LogP contribution in [-0.4, -0.2) is 43.7 Å². The molecule has 0 saturated carbocycles. The number of nitrogens with one attached hydrogen (secondary N) is 1. The molecular weight excluding hydrogens is 286 g/mol. The molecule has 1 aromatic rings. The van der Waals surface area contributed by atoms with Crippen molar-refractivity contribution in [1.29, 1.82) is 0 Å². The molecule has 1 aromatic carbocycles. The molecule has 2 rings (SSSR count). The molecule has 0 aliphatic carbocycles. The number of rotatable bonds is 4. The summed E-state index contributed by atoms with van der Waals surface area (Å²) in [6.07, 6.45) is 2.16. The molecule has 4 nitrogen and oxygen atoms in total. The SMILES string of the molecule is CCCCNC(=O)N1CCN(c2ccccc2C(C)(C)C)CC1. The number of anilines is 1. The van der Waals surface area contributed by atoms with Crippen molar-refractivity contribution in [2.45, 2.75) is 46.0 Å². The molecule has 1 N–H and O–H groups in total. The van der Waals surface area contributed by atoms with E-state index < -0.39 is 0 Å². The Hall–Kier alpha value is -1.71. The third-order valence-corrected chi connectivity index (χ3v) is 4.43. The topological polar surface area (TPSA) is 35.6 Å². The minimum absolute atomic E-state index is 0.0854. The monoisotopic (exact) mass is 317 g/mol. The number of unbranched alkanes of at least 4 members (excludes halogenated alkanes) is 1. The van der Waals surface area contributed by atoms with Crippen molar-refractivity contribution in [2.75, 3.05) is 37.6 Å². The molecule has 1 heterocycles. The summed E-state index contributed by atoms with van der Waals surface area (Å²) in [6, 6.07) is 8.73. The Bertz CT molecular complexity index is 514. The first-order valence-electron chi connectivity index (χ1n) is 8.80. The number of amides is 2. The van der Waals surface area contributed by atoms with Gasteiger partial charge in [-0.2, -0.15) is 0 Å². The van der Waals surface area contributed by atoms with E-state index in [1.807, 2.05) is 4.90 Å². The molecule has 0 spiro atoms. The van der Waals surface area contributed by atoms with Crippen molar-refractivity contribution < 1.29 is 4.79 Å². The molecule has 2 amide bonds. The van der Waals surface area contributed by atoms with Crippen LogP contribution in [-0.2, 0) is 5.41 Å². The minimum Gasteiger partial charge on any atom is -0.368 e. The second-order valence-corrected chi connectivity index (χ2v) is 7.33. The van der Waals surface area contributed by atoms with Gasteiger partial charge in [0.1, 0.15) is 0 Å². The molecule has 1 aliphatic heterocycles. The molecular formula is C19H31N3O. The number of piperazine rings is 1. The van der Waals surface area contributed by atoms with Crippen molar-refractivity contribution in [3.63, 3.8) is 0 Å². The lowest BCUT2D eigenvalue weighted by Gasteiger charge is -2.38. The van der Waals surface area contributed by atoms with E-state index in [0.29, 0.717) is 0 Å². The summed E-state index contributed by atoms with van der Waals surface area (Å²) >= 11 is 0. The fourth-order valence-corrected chi connectivity index (χ4v) is 3.02. The van der Waals surface area contributed by atoms with Crippen LogP contribution in [0.25, 0.3) is 0 Å². The smallest absolute Gasteiger partial charge is 0.317 e. The van der Waals surface area contributed by atoms with E-state index in [0.717, 1.165) is 45.6 Å². The Kier molecular flexibility index (Phi) is 5.91. The summed E-state index contributed by atoms with van der Waals surface area (Å²) in [5.74, 6) is 0. The highest BCUT2D eigenvalue weighted by molar-refractivity contribution is 5.74. The minimum atomic E-state index is 0.0854. The molecule has 0 aromatic heterocycles. The van der Waals surface area contributed by atoms with E-state index in [4.69, 9.17) is 0 Å². The van der Waals surface area contributed by atoms with Gasteiger partial charge in [-0.3, -0.25) is 0 Å². The highest BCUT2D eigenvalue weighted by Gasteiger charge is 2.25. The van der Waals surface area contributed by atoms with Gasteiger partial charge >= 0.3 is 6.03 Å². The Morgan fingerprint density at radius 2 is 1.78 bits per heavy atom. The van der Waals surface area contributed by atoms with Gasteiger partial charge in [0.25, 0.3) is 0 Å². The highest BCUT2D eigenvalue weighted by Crippen LogP contribution is 2.32. The Morgan fingerprint density at radius 3 is 2.39 bits per heavy atom. The van der Waals surface area contributed by atoms with E-state index in [9.17, 15) is 4.79 Å². The van der Waals surface area contributed by atoms with E-state index in [-0.39, 0.29) is 11.4 Å². The summed E-state index contributed by atoms with van der Waals surface area (Å²) in [6.45, 7) is 13.0. The van der Waals surface area contributed by atoms with Gasteiger partial charge in [0.15, 0.2) is 0 Å². The van der Waals surface area contributed by atoms with Gasteiger partial charge in [-0.25, -0.2) is 4.79 Å². The molecule has 0 atom stereocenters. The summed E-state index contributed by atoms with van der Waals surface area (Å²) < 4.78 is 0. The van der Waals surface area contributed by atoms with Crippen LogP contribution in [0.5, 0.6) is 0 Å². The zero-order valence-corrected chi connectivity index (χ0v) is 15.1. The molecule has 0 unspecified atom stereocenters. The maximum absolute atomic E-state index is 12.1. The van der Waals surface area contributed by atoms with Gasteiger partial charge in [0, 0.05) is 38.4 Å². The van der Waals surface area contributed by atoms with E-state index in [1.54, 1.807) is 0 Å². The number of urea groups is 1. The Labute approximate surface area is 140 Å². The van der Waals surface area contributed by atoms with Crippen LogP contribution in [0.15, 0.2) is 24.3 Å². The number of para-hydroxylation sites is 1. The van der Waals surface area contributed by atoms with E-state index in [2.05, 4.69) is 62.2 Å². The molecule has 1 saturated heterocycles. The predicted molar refractivity (Wildman–Crippen MR) is 97.2 cm³/mol. The quantitative estimate of drug-likeness (QED) is 0.861. The standard InChI is InChI=1S/C19H31N3O/c1-5-6-11-20-18(23)22-14-12-21(13-15-22)17-10-8-7-9-16(17)19(2,3)4/h7-10H,5-6,11-15H2,1-4H3,(H,20,23). The normalized spacial score (nSPS) is 15.7. The van der Waals surface area contributed by atoms with Gasteiger partial charge in [-0.15, -0.1) is 0 Å². The Balaban J connectivity index is 1.96. The predicted octanol–water partition coefficient (Wildman–Crippen LogP) is 3.62. The van der Waals surface area contributed by atoms with Gasteiger partial charge in [-0.05, 0) is 23.5 Å². The van der Waals surface area contributed by atoms with E-state index >= 15 is 0 Å². The van der Waals surface area contributed by atoms with Crippen molar-refractivity contribution in [1.82, 2.24) is 10.2 Å². The zero-order valence-electron chi connectivity index (χ0n) is 15.1. The van der Waals surface area contributed by atoms with Crippen LogP contribution in [0, 0.1) is 0 Å². The van der Waals surface area contributed by atoms with Crippen LogP contribution in [0.1, 0.15) is 46.1 Å². The lowest BCUT2D eigenvalue weighted by molar-refractivity contribution is 0.194. The average Bonchev–Trinajstić information content (AvgIpc) is 2.54. The van der Waals surface area contributed by atoms with Crippen molar-refractivity contribution in [2.24, 2.45) is 0 Å². The van der Waals surface area contributed by atoms with Crippen LogP contribution >= 0.6 is 0 Å². The third-order valence-electron chi connectivity index (χ3n) is 4.43. The number of carbonyl (C=O) groups excluding carboxylic acids is 1. The van der Waals surface area contributed by atoms with Gasteiger partial charge < -0.3 is 15.1 Å². The van der Waals surface area contributed by atoms with Gasteiger partial charge in [-0.1, -0.05) is 52.3 Å². The lowest BCUT2D eigenvalue weighted by Crippen LogP contribution is -2.52. The molecule has 0 radical (unpaired) electrons. The summed E-state index contributed by atoms with van der Waals surface area (Å²) in [7, 11) is 0. The first-order valence-corrected chi connectivity index (χ1v) is 8.80. The summed E-state index contributed by atoms with van der Waals surface area (Å²) in [5, 5.41) is 3.01. The van der Waals surface area contributed by atoms with Crippen LogP contribution in [0.2, 0.25) is 0 Å². The van der Waals surface area contributed by atoms with Crippen LogP contribution in [0.4, 0.5) is 10.5 Å². The largest absolute Gasteiger partial charge is 0.368 e. The number of hydrogen-bond acceptors (Lipinski definition) is 2. The summed E-state index contributed by atoms with van der Waals surface area (Å²) in [4.78, 5) is 16.5. The maximum Gasteiger partial charge on any atom is 0.317 e. The zero-order chi connectivity index (χ0) is 16.9. The fourth-order valence-electron chi connectivity index (χ4n) is 3.02. The van der Waals surface area contributed by atoms with Crippen LogP contribution < -0.4 is 10.2 Å². The molecule has 1 fully saturated rings. The fraction of sp³-hybridized carbons (Fsp3) is 0.632. The van der Waals surface area contributed by atoms with E-state index in [1.165, 1.54) is 11.3 Å².